The Bertz CT molecular complexity index is 941. The van der Waals surface area contributed by atoms with E-state index >= 15 is 0 Å². The van der Waals surface area contributed by atoms with Gasteiger partial charge in [-0.15, -0.1) is 0 Å². The predicted octanol–water partition coefficient (Wildman–Crippen LogP) is 2.92. The molecule has 0 spiro atoms. The SMILES string of the molecule is O=c1oc2c(CNCC3CCCO3)c(O)ccc2c2ccccc12. The monoisotopic (exact) mass is 325 g/mol. The van der Waals surface area contributed by atoms with Crippen molar-refractivity contribution in [2.75, 3.05) is 13.2 Å². The van der Waals surface area contributed by atoms with Gasteiger partial charge in [0.15, 0.2) is 0 Å². The number of nitrogens with one attached hydrogen (secondary N) is 1. The average molecular weight is 325 g/mol. The van der Waals surface area contributed by atoms with Crippen LogP contribution in [0, 0.1) is 0 Å². The molecule has 2 N–H and O–H groups in total. The zero-order valence-corrected chi connectivity index (χ0v) is 13.2. The maximum atomic E-state index is 12.3. The number of benzene rings is 2. The molecule has 1 unspecified atom stereocenters. The molecule has 0 saturated carbocycles. The van der Waals surface area contributed by atoms with Gasteiger partial charge in [-0.05, 0) is 36.4 Å². The topological polar surface area (TPSA) is 71.7 Å². The van der Waals surface area contributed by atoms with Gasteiger partial charge in [-0.25, -0.2) is 4.79 Å². The van der Waals surface area contributed by atoms with E-state index in [1.807, 2.05) is 18.2 Å². The van der Waals surface area contributed by atoms with Crippen LogP contribution in [0.4, 0.5) is 0 Å². The second-order valence-electron chi connectivity index (χ2n) is 6.14. The first-order valence-electron chi connectivity index (χ1n) is 8.23. The molecule has 5 nitrogen and oxygen atoms in total. The summed E-state index contributed by atoms with van der Waals surface area (Å²) in [5.41, 5.74) is 0.663. The second-order valence-corrected chi connectivity index (χ2v) is 6.14. The predicted molar refractivity (Wildman–Crippen MR) is 92.3 cm³/mol. The van der Waals surface area contributed by atoms with E-state index in [4.69, 9.17) is 9.15 Å². The largest absolute Gasteiger partial charge is 0.507 e. The third-order valence-corrected chi connectivity index (χ3v) is 4.57. The lowest BCUT2D eigenvalue weighted by Gasteiger charge is -2.13. The highest BCUT2D eigenvalue weighted by atomic mass is 16.5. The third-order valence-electron chi connectivity index (χ3n) is 4.57. The van der Waals surface area contributed by atoms with Crippen LogP contribution in [0.5, 0.6) is 5.75 Å². The smallest absolute Gasteiger partial charge is 0.344 e. The average Bonchev–Trinajstić information content (AvgIpc) is 3.11. The molecule has 1 atom stereocenters. The van der Waals surface area contributed by atoms with Gasteiger partial charge in [0, 0.05) is 25.1 Å². The first-order chi connectivity index (χ1) is 11.7. The summed E-state index contributed by atoms with van der Waals surface area (Å²) in [6.45, 7) is 1.95. The number of phenols is 1. The van der Waals surface area contributed by atoms with E-state index < -0.39 is 0 Å². The molecule has 1 aliphatic heterocycles. The van der Waals surface area contributed by atoms with Crippen LogP contribution in [-0.4, -0.2) is 24.4 Å². The fourth-order valence-electron chi connectivity index (χ4n) is 3.32. The van der Waals surface area contributed by atoms with Crippen LogP contribution in [0.3, 0.4) is 0 Å². The molecule has 2 aromatic carbocycles. The molecule has 0 bridgehead atoms. The zero-order chi connectivity index (χ0) is 16.5. The Morgan fingerprint density at radius 3 is 2.75 bits per heavy atom. The molecule has 0 aliphatic carbocycles. The molecule has 2 heterocycles. The van der Waals surface area contributed by atoms with Gasteiger partial charge in [-0.1, -0.05) is 18.2 Å². The van der Waals surface area contributed by atoms with E-state index in [1.165, 1.54) is 0 Å². The van der Waals surface area contributed by atoms with E-state index in [9.17, 15) is 9.90 Å². The molecular formula is C19H19NO4. The highest BCUT2D eigenvalue weighted by molar-refractivity contribution is 6.05. The Hall–Kier alpha value is -2.37. The lowest BCUT2D eigenvalue weighted by Crippen LogP contribution is -2.26. The maximum Gasteiger partial charge on any atom is 0.344 e. The van der Waals surface area contributed by atoms with Crippen LogP contribution >= 0.6 is 0 Å². The van der Waals surface area contributed by atoms with Crippen LogP contribution in [0.2, 0.25) is 0 Å². The summed E-state index contributed by atoms with van der Waals surface area (Å²) < 4.78 is 11.1. The Balaban J connectivity index is 1.73. The Morgan fingerprint density at radius 1 is 1.12 bits per heavy atom. The van der Waals surface area contributed by atoms with Gasteiger partial charge < -0.3 is 19.6 Å². The Morgan fingerprint density at radius 2 is 1.96 bits per heavy atom. The molecule has 5 heteroatoms. The zero-order valence-electron chi connectivity index (χ0n) is 13.2. The number of hydrogen-bond donors (Lipinski definition) is 2. The molecule has 1 fully saturated rings. The molecular weight excluding hydrogens is 306 g/mol. The van der Waals surface area contributed by atoms with Crippen molar-refractivity contribution in [1.82, 2.24) is 5.32 Å². The highest BCUT2D eigenvalue weighted by Crippen LogP contribution is 2.30. The van der Waals surface area contributed by atoms with Gasteiger partial charge in [-0.3, -0.25) is 0 Å². The normalized spacial score (nSPS) is 17.8. The van der Waals surface area contributed by atoms with Crippen molar-refractivity contribution in [3.8, 4) is 5.75 Å². The van der Waals surface area contributed by atoms with Gasteiger partial charge in [-0.2, -0.15) is 0 Å². The highest BCUT2D eigenvalue weighted by Gasteiger charge is 2.17. The molecule has 4 rings (SSSR count). The first kappa shape index (κ1) is 15.2. The summed E-state index contributed by atoms with van der Waals surface area (Å²) in [6, 6.07) is 10.8. The fourth-order valence-corrected chi connectivity index (χ4v) is 3.32. The lowest BCUT2D eigenvalue weighted by molar-refractivity contribution is 0.110. The van der Waals surface area contributed by atoms with Crippen molar-refractivity contribution < 1.29 is 14.3 Å². The number of hydrogen-bond acceptors (Lipinski definition) is 5. The van der Waals surface area contributed by atoms with E-state index in [0.717, 1.165) is 30.2 Å². The molecule has 0 radical (unpaired) electrons. The van der Waals surface area contributed by atoms with E-state index in [2.05, 4.69) is 5.32 Å². The fraction of sp³-hybridized carbons (Fsp3) is 0.316. The number of phenolic OH excluding ortho intramolecular Hbond substituents is 1. The number of ether oxygens (including phenoxy) is 1. The van der Waals surface area contributed by atoms with Crippen LogP contribution in [-0.2, 0) is 11.3 Å². The Labute approximate surface area is 138 Å². The van der Waals surface area contributed by atoms with Gasteiger partial charge in [0.2, 0.25) is 0 Å². The summed E-state index contributed by atoms with van der Waals surface area (Å²) in [6.07, 6.45) is 2.36. The standard InChI is InChI=1S/C19H19NO4/c21-17-8-7-14-13-5-1-2-6-15(13)19(22)24-18(14)16(17)11-20-10-12-4-3-9-23-12/h1-2,5-8,12,20-21H,3-4,9-11H2. The number of aromatic hydroxyl groups is 1. The quantitative estimate of drug-likeness (QED) is 0.570. The van der Waals surface area contributed by atoms with Crippen molar-refractivity contribution >= 4 is 21.7 Å². The molecule has 24 heavy (non-hydrogen) atoms. The summed E-state index contributed by atoms with van der Waals surface area (Å²) in [7, 11) is 0. The minimum absolute atomic E-state index is 0.126. The molecule has 1 aliphatic rings. The molecule has 124 valence electrons. The summed E-state index contributed by atoms with van der Waals surface area (Å²) in [5, 5.41) is 15.7. The third kappa shape index (κ3) is 2.66. The van der Waals surface area contributed by atoms with Crippen molar-refractivity contribution in [1.29, 1.82) is 0 Å². The minimum atomic E-state index is -0.385. The van der Waals surface area contributed by atoms with Gasteiger partial charge in [0.25, 0.3) is 0 Å². The van der Waals surface area contributed by atoms with Crippen molar-refractivity contribution in [2.45, 2.75) is 25.5 Å². The van der Waals surface area contributed by atoms with Crippen molar-refractivity contribution in [3.05, 3.63) is 52.4 Å². The van der Waals surface area contributed by atoms with Crippen LogP contribution < -0.4 is 10.9 Å². The van der Waals surface area contributed by atoms with Gasteiger partial charge in [0.05, 0.1) is 17.1 Å². The van der Waals surface area contributed by atoms with Gasteiger partial charge in [0.1, 0.15) is 11.3 Å². The van der Waals surface area contributed by atoms with Crippen LogP contribution in [0.1, 0.15) is 18.4 Å². The summed E-state index contributed by atoms with van der Waals surface area (Å²) in [5.74, 6) is 0.126. The van der Waals surface area contributed by atoms with Crippen LogP contribution in [0.15, 0.2) is 45.6 Å². The molecule has 3 aromatic rings. The van der Waals surface area contributed by atoms with E-state index in [1.54, 1.807) is 18.2 Å². The van der Waals surface area contributed by atoms with Crippen LogP contribution in [0.25, 0.3) is 21.7 Å². The Kier molecular flexibility index (Phi) is 3.96. The summed E-state index contributed by atoms with van der Waals surface area (Å²) in [4.78, 5) is 12.3. The van der Waals surface area contributed by atoms with E-state index in [0.29, 0.717) is 29.6 Å². The van der Waals surface area contributed by atoms with Crippen molar-refractivity contribution in [2.24, 2.45) is 0 Å². The molecule has 0 amide bonds. The maximum absolute atomic E-state index is 12.3. The lowest BCUT2D eigenvalue weighted by atomic mass is 10.0. The second kappa shape index (κ2) is 6.26. The van der Waals surface area contributed by atoms with E-state index in [-0.39, 0.29) is 17.5 Å². The van der Waals surface area contributed by atoms with Crippen molar-refractivity contribution in [3.63, 3.8) is 0 Å². The minimum Gasteiger partial charge on any atom is -0.507 e. The number of rotatable bonds is 4. The number of fused-ring (bicyclic) bond motifs is 3. The first-order valence-corrected chi connectivity index (χ1v) is 8.23. The molecule has 1 saturated heterocycles. The molecule has 1 aromatic heterocycles. The van der Waals surface area contributed by atoms with Gasteiger partial charge >= 0.3 is 5.63 Å². The summed E-state index contributed by atoms with van der Waals surface area (Å²) >= 11 is 0.